The lowest BCUT2D eigenvalue weighted by Crippen LogP contribution is -2.41. The SMILES string of the molecule is CCCC1CC1NC(=NCC)N1CCC(c2cnn(C)c2)C1. The molecule has 3 atom stereocenters. The first-order valence-electron chi connectivity index (χ1n) is 8.75. The number of aromatic nitrogens is 2. The molecule has 3 unspecified atom stereocenters. The Kier molecular flexibility index (Phi) is 4.69. The van der Waals surface area contributed by atoms with Crippen molar-refractivity contribution in [2.75, 3.05) is 19.6 Å². The molecule has 0 aromatic carbocycles. The quantitative estimate of drug-likeness (QED) is 0.671. The number of hydrogen-bond acceptors (Lipinski definition) is 2. The Bertz CT molecular complexity index is 521. The average Bonchev–Trinajstić information content (AvgIpc) is 2.92. The molecule has 1 N–H and O–H groups in total. The molecule has 0 radical (unpaired) electrons. The predicted octanol–water partition coefficient (Wildman–Crippen LogP) is 2.36. The Morgan fingerprint density at radius 2 is 2.32 bits per heavy atom. The summed E-state index contributed by atoms with van der Waals surface area (Å²) < 4.78 is 1.90. The van der Waals surface area contributed by atoms with E-state index in [9.17, 15) is 0 Å². The number of aryl methyl sites for hydroxylation is 1. The normalized spacial score (nSPS) is 28.2. The van der Waals surface area contributed by atoms with Gasteiger partial charge in [-0.15, -0.1) is 0 Å². The number of aliphatic imine (C=N–C) groups is 1. The lowest BCUT2D eigenvalue weighted by atomic mass is 10.0. The van der Waals surface area contributed by atoms with Crippen molar-refractivity contribution in [3.63, 3.8) is 0 Å². The highest BCUT2D eigenvalue weighted by Gasteiger charge is 2.38. The number of nitrogens with zero attached hydrogens (tertiary/aromatic N) is 4. The Hall–Kier alpha value is -1.52. The number of nitrogens with one attached hydrogen (secondary N) is 1. The zero-order valence-corrected chi connectivity index (χ0v) is 14.1. The van der Waals surface area contributed by atoms with Crippen LogP contribution in [0.3, 0.4) is 0 Å². The van der Waals surface area contributed by atoms with E-state index >= 15 is 0 Å². The lowest BCUT2D eigenvalue weighted by Gasteiger charge is -2.22. The van der Waals surface area contributed by atoms with Gasteiger partial charge in [0.15, 0.2) is 5.96 Å². The van der Waals surface area contributed by atoms with Crippen LogP contribution in [0.1, 0.15) is 51.0 Å². The van der Waals surface area contributed by atoms with Gasteiger partial charge in [-0.2, -0.15) is 5.10 Å². The number of guanidine groups is 1. The van der Waals surface area contributed by atoms with Crippen LogP contribution in [0.5, 0.6) is 0 Å². The third-order valence-corrected chi connectivity index (χ3v) is 4.89. The summed E-state index contributed by atoms with van der Waals surface area (Å²) in [6, 6.07) is 0.655. The molecule has 5 nitrogen and oxygen atoms in total. The summed E-state index contributed by atoms with van der Waals surface area (Å²) in [5.74, 6) is 2.57. The molecule has 5 heteroatoms. The van der Waals surface area contributed by atoms with Gasteiger partial charge in [-0.3, -0.25) is 9.67 Å². The Balaban J connectivity index is 1.58. The molecule has 1 saturated heterocycles. The summed E-state index contributed by atoms with van der Waals surface area (Å²) in [6.07, 6.45) is 9.30. The van der Waals surface area contributed by atoms with Crippen LogP contribution in [0.4, 0.5) is 0 Å². The van der Waals surface area contributed by atoms with Crippen molar-refractivity contribution in [3.8, 4) is 0 Å². The maximum Gasteiger partial charge on any atom is 0.194 e. The fourth-order valence-corrected chi connectivity index (χ4v) is 3.54. The topological polar surface area (TPSA) is 45.5 Å². The van der Waals surface area contributed by atoms with Gasteiger partial charge >= 0.3 is 0 Å². The molecule has 1 aliphatic heterocycles. The van der Waals surface area contributed by atoms with Gasteiger partial charge in [0.1, 0.15) is 0 Å². The second-order valence-corrected chi connectivity index (χ2v) is 6.71. The average molecular weight is 303 g/mol. The van der Waals surface area contributed by atoms with E-state index in [1.165, 1.54) is 31.2 Å². The molecule has 22 heavy (non-hydrogen) atoms. The molecule has 0 spiro atoms. The van der Waals surface area contributed by atoms with Crippen molar-refractivity contribution in [2.45, 2.75) is 51.5 Å². The molecule has 1 saturated carbocycles. The summed E-state index contributed by atoms with van der Waals surface area (Å²) >= 11 is 0. The van der Waals surface area contributed by atoms with Crippen LogP contribution in [0.25, 0.3) is 0 Å². The Labute approximate surface area is 133 Å². The second-order valence-electron chi connectivity index (χ2n) is 6.71. The molecular formula is C17H29N5. The van der Waals surface area contributed by atoms with Crippen molar-refractivity contribution in [2.24, 2.45) is 18.0 Å². The molecule has 0 amide bonds. The largest absolute Gasteiger partial charge is 0.353 e. The summed E-state index contributed by atoms with van der Waals surface area (Å²) in [6.45, 7) is 7.39. The van der Waals surface area contributed by atoms with Crippen LogP contribution < -0.4 is 5.32 Å². The Morgan fingerprint density at radius 1 is 1.45 bits per heavy atom. The van der Waals surface area contributed by atoms with Gasteiger partial charge in [0, 0.05) is 44.8 Å². The van der Waals surface area contributed by atoms with E-state index < -0.39 is 0 Å². The van der Waals surface area contributed by atoms with Crippen LogP contribution in [-0.2, 0) is 7.05 Å². The summed E-state index contributed by atoms with van der Waals surface area (Å²) in [7, 11) is 1.99. The summed E-state index contributed by atoms with van der Waals surface area (Å²) in [5.41, 5.74) is 1.36. The lowest BCUT2D eigenvalue weighted by molar-refractivity contribution is 0.480. The highest BCUT2D eigenvalue weighted by molar-refractivity contribution is 5.81. The molecule has 2 aliphatic rings. The van der Waals surface area contributed by atoms with E-state index in [1.54, 1.807) is 0 Å². The molecular weight excluding hydrogens is 274 g/mol. The van der Waals surface area contributed by atoms with E-state index in [0.29, 0.717) is 12.0 Å². The van der Waals surface area contributed by atoms with E-state index in [0.717, 1.165) is 31.5 Å². The van der Waals surface area contributed by atoms with E-state index in [-0.39, 0.29) is 0 Å². The highest BCUT2D eigenvalue weighted by atomic mass is 15.3. The van der Waals surface area contributed by atoms with Crippen molar-refractivity contribution in [3.05, 3.63) is 18.0 Å². The van der Waals surface area contributed by atoms with Crippen molar-refractivity contribution in [1.29, 1.82) is 0 Å². The first-order valence-corrected chi connectivity index (χ1v) is 8.75. The molecule has 2 fully saturated rings. The van der Waals surface area contributed by atoms with Crippen LogP contribution in [0, 0.1) is 5.92 Å². The monoisotopic (exact) mass is 303 g/mol. The predicted molar refractivity (Wildman–Crippen MR) is 90.1 cm³/mol. The third-order valence-electron chi connectivity index (χ3n) is 4.89. The Morgan fingerprint density at radius 3 is 3.00 bits per heavy atom. The van der Waals surface area contributed by atoms with Gasteiger partial charge < -0.3 is 10.2 Å². The molecule has 1 aromatic heterocycles. The van der Waals surface area contributed by atoms with E-state index in [2.05, 4.69) is 35.4 Å². The molecule has 1 aromatic rings. The zero-order valence-electron chi connectivity index (χ0n) is 14.1. The fourth-order valence-electron chi connectivity index (χ4n) is 3.54. The van der Waals surface area contributed by atoms with Gasteiger partial charge in [0.25, 0.3) is 0 Å². The van der Waals surface area contributed by atoms with Gasteiger partial charge in [-0.25, -0.2) is 0 Å². The minimum absolute atomic E-state index is 0.586. The minimum Gasteiger partial charge on any atom is -0.353 e. The van der Waals surface area contributed by atoms with Crippen molar-refractivity contribution >= 4 is 5.96 Å². The number of hydrogen-bond donors (Lipinski definition) is 1. The summed E-state index contributed by atoms with van der Waals surface area (Å²) in [5, 5.41) is 8.01. The summed E-state index contributed by atoms with van der Waals surface area (Å²) in [4.78, 5) is 7.16. The fraction of sp³-hybridized carbons (Fsp3) is 0.765. The maximum atomic E-state index is 4.72. The van der Waals surface area contributed by atoms with E-state index in [1.807, 2.05) is 17.9 Å². The van der Waals surface area contributed by atoms with Gasteiger partial charge in [0.05, 0.1) is 6.20 Å². The second kappa shape index (κ2) is 6.71. The smallest absolute Gasteiger partial charge is 0.194 e. The van der Waals surface area contributed by atoms with Gasteiger partial charge in [-0.1, -0.05) is 13.3 Å². The van der Waals surface area contributed by atoms with E-state index in [4.69, 9.17) is 4.99 Å². The third kappa shape index (κ3) is 3.45. The van der Waals surface area contributed by atoms with Crippen molar-refractivity contribution < 1.29 is 0 Å². The van der Waals surface area contributed by atoms with Crippen LogP contribution in [0.2, 0.25) is 0 Å². The van der Waals surface area contributed by atoms with Gasteiger partial charge in [0.2, 0.25) is 0 Å². The number of likely N-dealkylation sites (tertiary alicyclic amines) is 1. The van der Waals surface area contributed by atoms with Crippen LogP contribution in [0.15, 0.2) is 17.4 Å². The van der Waals surface area contributed by atoms with Crippen LogP contribution >= 0.6 is 0 Å². The first kappa shape index (κ1) is 15.4. The molecule has 0 bridgehead atoms. The first-order chi connectivity index (χ1) is 10.7. The van der Waals surface area contributed by atoms with Gasteiger partial charge in [-0.05, 0) is 37.7 Å². The molecule has 1 aliphatic carbocycles. The molecule has 2 heterocycles. The maximum absolute atomic E-state index is 4.72. The minimum atomic E-state index is 0.586. The zero-order chi connectivity index (χ0) is 15.5. The van der Waals surface area contributed by atoms with Crippen LogP contribution in [-0.4, -0.2) is 46.3 Å². The highest BCUT2D eigenvalue weighted by Crippen LogP contribution is 2.35. The molecule has 3 rings (SSSR count). The van der Waals surface area contributed by atoms with Crippen molar-refractivity contribution in [1.82, 2.24) is 20.0 Å². The number of rotatable bonds is 5. The molecule has 122 valence electrons. The standard InChI is InChI=1S/C17H29N5/c1-4-6-13-9-16(13)20-17(18-5-2)22-8-7-14(12-22)15-10-19-21(3)11-15/h10-11,13-14,16H,4-9,12H2,1-3H3,(H,18,20).